The second kappa shape index (κ2) is 6.55. The lowest BCUT2D eigenvalue weighted by Crippen LogP contribution is -2.36. The number of aryl methyl sites for hydroxylation is 1. The summed E-state index contributed by atoms with van der Waals surface area (Å²) in [5.74, 6) is 2.13. The topological polar surface area (TPSA) is 31.7 Å². The molecule has 0 radical (unpaired) electrons. The summed E-state index contributed by atoms with van der Waals surface area (Å²) < 4.78 is 5.90. The quantitative estimate of drug-likeness (QED) is 0.850. The monoisotopic (exact) mass is 265 g/mol. The maximum Gasteiger partial charge on any atom is 0.120 e. The number of nitrogens with one attached hydrogen (secondary N) is 1. The van der Waals surface area contributed by atoms with E-state index in [4.69, 9.17) is 4.42 Å². The van der Waals surface area contributed by atoms with E-state index in [2.05, 4.69) is 42.2 Å². The van der Waals surface area contributed by atoms with E-state index in [0.29, 0.717) is 6.04 Å². The highest BCUT2D eigenvalue weighted by atomic mass is 16.3. The summed E-state index contributed by atoms with van der Waals surface area (Å²) in [6.07, 6.45) is 2.66. The van der Waals surface area contributed by atoms with E-state index in [1.54, 1.807) is 0 Å². The summed E-state index contributed by atoms with van der Waals surface area (Å²) >= 11 is 0. The standard InChI is InChI=1S/C15H27N3O/c1-12-8-14(19-15(12)9-16-2)11-17(3)10-13-6-5-7-18(13)4/h8,13,16H,5-7,9-11H2,1-4H3. The summed E-state index contributed by atoms with van der Waals surface area (Å²) in [6, 6.07) is 2.87. The second-order valence-electron chi connectivity index (χ2n) is 5.82. The van der Waals surface area contributed by atoms with Gasteiger partial charge in [-0.1, -0.05) is 0 Å². The van der Waals surface area contributed by atoms with Crippen molar-refractivity contribution in [3.63, 3.8) is 0 Å². The first-order valence-corrected chi connectivity index (χ1v) is 7.21. The van der Waals surface area contributed by atoms with Crippen molar-refractivity contribution in [3.05, 3.63) is 23.2 Å². The minimum absolute atomic E-state index is 0.706. The highest BCUT2D eigenvalue weighted by Gasteiger charge is 2.22. The molecule has 0 saturated carbocycles. The number of likely N-dealkylation sites (tertiary alicyclic amines) is 1. The third-order valence-corrected chi connectivity index (χ3v) is 4.03. The molecule has 1 aromatic heterocycles. The Morgan fingerprint density at radius 3 is 2.95 bits per heavy atom. The van der Waals surface area contributed by atoms with E-state index in [9.17, 15) is 0 Å². The predicted molar refractivity (Wildman–Crippen MR) is 78.2 cm³/mol. The zero-order chi connectivity index (χ0) is 13.8. The summed E-state index contributed by atoms with van der Waals surface area (Å²) in [7, 11) is 6.36. The Kier molecular flexibility index (Phi) is 5.02. The van der Waals surface area contributed by atoms with Crippen molar-refractivity contribution in [2.45, 2.75) is 38.9 Å². The molecule has 0 aliphatic carbocycles. The van der Waals surface area contributed by atoms with Crippen molar-refractivity contribution in [3.8, 4) is 0 Å². The Balaban J connectivity index is 1.87. The summed E-state index contributed by atoms with van der Waals surface area (Å²) in [4.78, 5) is 4.84. The molecule has 1 unspecified atom stereocenters. The number of nitrogens with zero attached hydrogens (tertiary/aromatic N) is 2. The fourth-order valence-corrected chi connectivity index (χ4v) is 2.90. The van der Waals surface area contributed by atoms with Gasteiger partial charge in [0, 0.05) is 12.6 Å². The lowest BCUT2D eigenvalue weighted by atomic mass is 10.2. The zero-order valence-corrected chi connectivity index (χ0v) is 12.7. The van der Waals surface area contributed by atoms with Crippen molar-refractivity contribution >= 4 is 0 Å². The van der Waals surface area contributed by atoms with Gasteiger partial charge in [0.05, 0.1) is 13.1 Å². The van der Waals surface area contributed by atoms with Crippen LogP contribution < -0.4 is 5.32 Å². The van der Waals surface area contributed by atoms with Gasteiger partial charge in [0.25, 0.3) is 0 Å². The van der Waals surface area contributed by atoms with Crippen molar-refractivity contribution in [1.29, 1.82) is 0 Å². The van der Waals surface area contributed by atoms with Crippen LogP contribution in [0.2, 0.25) is 0 Å². The summed E-state index contributed by atoms with van der Waals surface area (Å²) in [5.41, 5.74) is 1.25. The van der Waals surface area contributed by atoms with Crippen LogP contribution in [0.25, 0.3) is 0 Å². The van der Waals surface area contributed by atoms with Gasteiger partial charge in [-0.25, -0.2) is 0 Å². The molecule has 0 bridgehead atoms. The van der Waals surface area contributed by atoms with E-state index in [0.717, 1.165) is 31.2 Å². The van der Waals surface area contributed by atoms with E-state index in [-0.39, 0.29) is 0 Å². The molecule has 1 atom stereocenters. The van der Waals surface area contributed by atoms with Crippen molar-refractivity contribution in [1.82, 2.24) is 15.1 Å². The van der Waals surface area contributed by atoms with Crippen LogP contribution in [0.1, 0.15) is 29.9 Å². The van der Waals surface area contributed by atoms with Gasteiger partial charge in [0.15, 0.2) is 0 Å². The lowest BCUT2D eigenvalue weighted by molar-refractivity contribution is 0.205. The third kappa shape index (κ3) is 3.81. The third-order valence-electron chi connectivity index (χ3n) is 4.03. The first kappa shape index (κ1) is 14.6. The van der Waals surface area contributed by atoms with E-state index >= 15 is 0 Å². The molecule has 1 aliphatic heterocycles. The first-order chi connectivity index (χ1) is 9.10. The SMILES string of the molecule is CNCc1oc(CN(C)CC2CCCN2C)cc1C. The Morgan fingerprint density at radius 2 is 2.32 bits per heavy atom. The number of hydrogen-bond donors (Lipinski definition) is 1. The molecule has 108 valence electrons. The Hall–Kier alpha value is -0.840. The minimum Gasteiger partial charge on any atom is -0.463 e. The van der Waals surface area contributed by atoms with Crippen molar-refractivity contribution < 1.29 is 4.42 Å². The average Bonchev–Trinajstić information content (AvgIpc) is 2.88. The van der Waals surface area contributed by atoms with Gasteiger partial charge in [0.1, 0.15) is 11.5 Å². The van der Waals surface area contributed by atoms with Crippen LogP contribution in [0.15, 0.2) is 10.5 Å². The van der Waals surface area contributed by atoms with Crippen LogP contribution in [0.3, 0.4) is 0 Å². The Bertz CT molecular complexity index is 402. The number of hydrogen-bond acceptors (Lipinski definition) is 4. The van der Waals surface area contributed by atoms with Gasteiger partial charge in [-0.05, 0) is 59.1 Å². The minimum atomic E-state index is 0.706. The van der Waals surface area contributed by atoms with Crippen LogP contribution in [0, 0.1) is 6.92 Å². The predicted octanol–water partition coefficient (Wildman–Crippen LogP) is 1.83. The number of rotatable bonds is 6. The zero-order valence-electron chi connectivity index (χ0n) is 12.7. The molecule has 2 rings (SSSR count). The van der Waals surface area contributed by atoms with Crippen LogP contribution in [0.5, 0.6) is 0 Å². The number of furan rings is 1. The normalized spacial score (nSPS) is 20.6. The van der Waals surface area contributed by atoms with Gasteiger partial charge in [0.2, 0.25) is 0 Å². The van der Waals surface area contributed by atoms with Gasteiger partial charge in [-0.2, -0.15) is 0 Å². The van der Waals surface area contributed by atoms with Gasteiger partial charge >= 0.3 is 0 Å². The molecule has 2 heterocycles. The molecule has 0 aromatic carbocycles. The van der Waals surface area contributed by atoms with E-state index < -0.39 is 0 Å². The lowest BCUT2D eigenvalue weighted by Gasteiger charge is -2.25. The van der Waals surface area contributed by atoms with E-state index in [1.807, 2.05) is 7.05 Å². The Labute approximate surface area is 116 Å². The highest BCUT2D eigenvalue weighted by molar-refractivity contribution is 5.19. The molecule has 1 N–H and O–H groups in total. The molecule has 0 spiro atoms. The van der Waals surface area contributed by atoms with Crippen LogP contribution in [-0.2, 0) is 13.1 Å². The molecule has 4 heteroatoms. The molecule has 1 fully saturated rings. The second-order valence-corrected chi connectivity index (χ2v) is 5.82. The van der Waals surface area contributed by atoms with Crippen LogP contribution in [0.4, 0.5) is 0 Å². The van der Waals surface area contributed by atoms with Crippen LogP contribution in [-0.4, -0.2) is 50.1 Å². The maximum atomic E-state index is 5.90. The average molecular weight is 265 g/mol. The molecule has 1 aromatic rings. The molecule has 19 heavy (non-hydrogen) atoms. The molecule has 1 saturated heterocycles. The van der Waals surface area contributed by atoms with E-state index in [1.165, 1.54) is 24.9 Å². The molecular formula is C15H27N3O. The van der Waals surface area contributed by atoms with Gasteiger partial charge in [-0.3, -0.25) is 4.90 Å². The van der Waals surface area contributed by atoms with Crippen molar-refractivity contribution in [2.24, 2.45) is 0 Å². The van der Waals surface area contributed by atoms with Crippen LogP contribution >= 0.6 is 0 Å². The number of likely N-dealkylation sites (N-methyl/N-ethyl adjacent to an activating group) is 2. The van der Waals surface area contributed by atoms with Gasteiger partial charge in [-0.15, -0.1) is 0 Å². The maximum absolute atomic E-state index is 5.90. The fourth-order valence-electron chi connectivity index (χ4n) is 2.90. The molecule has 4 nitrogen and oxygen atoms in total. The molecule has 0 amide bonds. The highest BCUT2D eigenvalue weighted by Crippen LogP contribution is 2.18. The Morgan fingerprint density at radius 1 is 1.53 bits per heavy atom. The van der Waals surface area contributed by atoms with Gasteiger partial charge < -0.3 is 14.6 Å². The summed E-state index contributed by atoms with van der Waals surface area (Å²) in [5, 5.41) is 3.14. The fraction of sp³-hybridized carbons (Fsp3) is 0.733. The molecular weight excluding hydrogens is 238 g/mol. The molecule has 1 aliphatic rings. The largest absolute Gasteiger partial charge is 0.463 e. The smallest absolute Gasteiger partial charge is 0.120 e. The summed E-state index contributed by atoms with van der Waals surface area (Å²) in [6.45, 7) is 6.18. The van der Waals surface area contributed by atoms with Crippen molar-refractivity contribution in [2.75, 3.05) is 34.2 Å². The first-order valence-electron chi connectivity index (χ1n) is 7.21.